The number of nitrogens with zero attached hydrogens (tertiary/aromatic N) is 2. The Morgan fingerprint density at radius 3 is 2.07 bits per heavy atom. The van der Waals surface area contributed by atoms with Crippen LogP contribution in [0.1, 0.15) is 33.1 Å². The predicted octanol–water partition coefficient (Wildman–Crippen LogP) is 1.39. The van der Waals surface area contributed by atoms with E-state index in [-0.39, 0.29) is 0 Å². The number of likely N-dealkylation sites (N-methyl/N-ethyl adjacent to an activating group) is 2. The first-order valence-corrected chi connectivity index (χ1v) is 6.35. The minimum atomic E-state index is 0.836. The van der Waals surface area contributed by atoms with Crippen LogP contribution >= 0.6 is 0 Å². The molecular formula is C12H29N3. The number of hydrogen-bond donors (Lipinski definition) is 1. The van der Waals surface area contributed by atoms with Gasteiger partial charge in [0.25, 0.3) is 0 Å². The number of hydrogen-bond acceptors (Lipinski definition) is 3. The van der Waals surface area contributed by atoms with Gasteiger partial charge in [-0.15, -0.1) is 0 Å². The lowest BCUT2D eigenvalue weighted by Crippen LogP contribution is -2.33. The molecule has 3 heteroatoms. The molecule has 0 aromatic rings. The molecule has 0 unspecified atom stereocenters. The second-order valence-corrected chi connectivity index (χ2v) is 4.18. The highest BCUT2D eigenvalue weighted by atomic mass is 15.2. The lowest BCUT2D eigenvalue weighted by atomic mass is 10.2. The Bertz CT molecular complexity index is 124. The summed E-state index contributed by atoms with van der Waals surface area (Å²) in [6.45, 7) is 11.2. The van der Waals surface area contributed by atoms with Crippen molar-refractivity contribution in [2.45, 2.75) is 33.1 Å². The highest BCUT2D eigenvalue weighted by Crippen LogP contribution is 1.96. The predicted molar refractivity (Wildman–Crippen MR) is 68.2 cm³/mol. The molecule has 0 aromatic heterocycles. The van der Waals surface area contributed by atoms with E-state index in [1.165, 1.54) is 38.9 Å². The van der Waals surface area contributed by atoms with Gasteiger partial charge in [-0.3, -0.25) is 0 Å². The Balaban J connectivity index is 3.35. The Kier molecular flexibility index (Phi) is 10.3. The summed E-state index contributed by atoms with van der Waals surface area (Å²) < 4.78 is 0. The van der Waals surface area contributed by atoms with E-state index in [2.05, 4.69) is 30.7 Å². The van der Waals surface area contributed by atoms with Gasteiger partial charge >= 0.3 is 0 Å². The first-order chi connectivity index (χ1) is 7.24. The minimum Gasteiger partial charge on any atom is -0.330 e. The third-order valence-corrected chi connectivity index (χ3v) is 2.94. The molecule has 92 valence electrons. The van der Waals surface area contributed by atoms with Crippen molar-refractivity contribution in [3.63, 3.8) is 0 Å². The molecule has 0 aliphatic carbocycles. The fourth-order valence-corrected chi connectivity index (χ4v) is 1.67. The zero-order chi connectivity index (χ0) is 11.5. The molecule has 0 aromatic carbocycles. The molecule has 0 fully saturated rings. The summed E-state index contributed by atoms with van der Waals surface area (Å²) >= 11 is 0. The smallest absolute Gasteiger partial charge is 0.0109 e. The first-order valence-electron chi connectivity index (χ1n) is 6.35. The molecule has 3 nitrogen and oxygen atoms in total. The molecule has 0 atom stereocenters. The van der Waals surface area contributed by atoms with Crippen LogP contribution in [0.25, 0.3) is 0 Å². The number of rotatable bonds is 10. The Labute approximate surface area is 95.6 Å². The van der Waals surface area contributed by atoms with Gasteiger partial charge in [-0.05, 0) is 46.1 Å². The molecule has 0 radical (unpaired) electrons. The minimum absolute atomic E-state index is 0.836. The van der Waals surface area contributed by atoms with Gasteiger partial charge in [-0.25, -0.2) is 0 Å². The standard InChI is InChI=1S/C12H29N3/c1-4-15(5-2)12-11-14(3)10-8-6-7-9-13/h4-13H2,1-3H3. The van der Waals surface area contributed by atoms with E-state index in [4.69, 9.17) is 5.73 Å². The fourth-order valence-electron chi connectivity index (χ4n) is 1.67. The summed E-state index contributed by atoms with van der Waals surface area (Å²) in [4.78, 5) is 4.89. The van der Waals surface area contributed by atoms with Crippen molar-refractivity contribution in [1.29, 1.82) is 0 Å². The summed E-state index contributed by atoms with van der Waals surface area (Å²) in [5.41, 5.74) is 5.46. The van der Waals surface area contributed by atoms with Crippen molar-refractivity contribution in [2.75, 3.05) is 46.3 Å². The third kappa shape index (κ3) is 8.85. The maximum Gasteiger partial charge on any atom is 0.0109 e. The van der Waals surface area contributed by atoms with Gasteiger partial charge in [0.1, 0.15) is 0 Å². The molecule has 0 bridgehead atoms. The van der Waals surface area contributed by atoms with Crippen LogP contribution < -0.4 is 5.73 Å². The Morgan fingerprint density at radius 1 is 0.867 bits per heavy atom. The largest absolute Gasteiger partial charge is 0.330 e. The van der Waals surface area contributed by atoms with Crippen LogP contribution in [-0.2, 0) is 0 Å². The van der Waals surface area contributed by atoms with Crippen LogP contribution in [0.2, 0.25) is 0 Å². The molecule has 0 amide bonds. The normalized spacial score (nSPS) is 11.6. The van der Waals surface area contributed by atoms with Crippen molar-refractivity contribution in [1.82, 2.24) is 9.80 Å². The molecule has 15 heavy (non-hydrogen) atoms. The highest BCUT2D eigenvalue weighted by molar-refractivity contribution is 4.58. The van der Waals surface area contributed by atoms with Gasteiger partial charge in [0.2, 0.25) is 0 Å². The van der Waals surface area contributed by atoms with Crippen molar-refractivity contribution < 1.29 is 0 Å². The highest BCUT2D eigenvalue weighted by Gasteiger charge is 2.02. The molecule has 0 aliphatic rings. The van der Waals surface area contributed by atoms with Crippen molar-refractivity contribution >= 4 is 0 Å². The summed E-state index contributed by atoms with van der Waals surface area (Å²) in [7, 11) is 2.21. The summed E-state index contributed by atoms with van der Waals surface area (Å²) in [6.07, 6.45) is 3.72. The summed E-state index contributed by atoms with van der Waals surface area (Å²) in [6, 6.07) is 0. The molecule has 0 spiro atoms. The third-order valence-electron chi connectivity index (χ3n) is 2.94. The molecule has 0 rings (SSSR count). The molecule has 0 aliphatic heterocycles. The Morgan fingerprint density at radius 2 is 1.53 bits per heavy atom. The van der Waals surface area contributed by atoms with Gasteiger partial charge < -0.3 is 15.5 Å². The maximum absolute atomic E-state index is 5.46. The SMILES string of the molecule is CCN(CC)CCN(C)CCCCCN. The second-order valence-electron chi connectivity index (χ2n) is 4.18. The van der Waals surface area contributed by atoms with Crippen LogP contribution in [0, 0.1) is 0 Å². The number of unbranched alkanes of at least 4 members (excludes halogenated alkanes) is 2. The van der Waals surface area contributed by atoms with Crippen molar-refractivity contribution in [3.8, 4) is 0 Å². The molecular weight excluding hydrogens is 186 g/mol. The summed E-state index contributed by atoms with van der Waals surface area (Å²) in [5, 5.41) is 0. The Hall–Kier alpha value is -0.120. The van der Waals surface area contributed by atoms with E-state index in [9.17, 15) is 0 Å². The lowest BCUT2D eigenvalue weighted by molar-refractivity contribution is 0.238. The molecule has 2 N–H and O–H groups in total. The van der Waals surface area contributed by atoms with Crippen LogP contribution in [-0.4, -0.2) is 56.1 Å². The topological polar surface area (TPSA) is 32.5 Å². The van der Waals surface area contributed by atoms with Gasteiger partial charge in [-0.1, -0.05) is 20.3 Å². The van der Waals surface area contributed by atoms with Gasteiger partial charge in [0.05, 0.1) is 0 Å². The average molecular weight is 215 g/mol. The van der Waals surface area contributed by atoms with E-state index in [0.717, 1.165) is 19.6 Å². The van der Waals surface area contributed by atoms with Crippen LogP contribution in [0.5, 0.6) is 0 Å². The van der Waals surface area contributed by atoms with Crippen LogP contribution in [0.3, 0.4) is 0 Å². The van der Waals surface area contributed by atoms with Crippen molar-refractivity contribution in [2.24, 2.45) is 5.73 Å². The van der Waals surface area contributed by atoms with Crippen LogP contribution in [0.4, 0.5) is 0 Å². The second kappa shape index (κ2) is 10.4. The summed E-state index contributed by atoms with van der Waals surface area (Å²) in [5.74, 6) is 0. The van der Waals surface area contributed by atoms with Gasteiger partial charge in [0, 0.05) is 13.1 Å². The zero-order valence-electron chi connectivity index (χ0n) is 10.8. The number of nitrogens with two attached hydrogens (primary N) is 1. The first kappa shape index (κ1) is 14.9. The molecule has 0 saturated heterocycles. The lowest BCUT2D eigenvalue weighted by Gasteiger charge is -2.22. The quantitative estimate of drug-likeness (QED) is 0.559. The van der Waals surface area contributed by atoms with E-state index >= 15 is 0 Å². The fraction of sp³-hybridized carbons (Fsp3) is 1.00. The molecule has 0 heterocycles. The van der Waals surface area contributed by atoms with Crippen molar-refractivity contribution in [3.05, 3.63) is 0 Å². The zero-order valence-corrected chi connectivity index (χ0v) is 10.8. The van der Waals surface area contributed by atoms with E-state index < -0.39 is 0 Å². The van der Waals surface area contributed by atoms with Gasteiger partial charge in [0.15, 0.2) is 0 Å². The van der Waals surface area contributed by atoms with Crippen LogP contribution in [0.15, 0.2) is 0 Å². The van der Waals surface area contributed by atoms with E-state index in [1.807, 2.05) is 0 Å². The maximum atomic E-state index is 5.46. The van der Waals surface area contributed by atoms with E-state index in [1.54, 1.807) is 0 Å². The van der Waals surface area contributed by atoms with Gasteiger partial charge in [-0.2, -0.15) is 0 Å². The monoisotopic (exact) mass is 215 g/mol. The average Bonchev–Trinajstić information content (AvgIpc) is 2.26. The molecule has 0 saturated carbocycles. The van der Waals surface area contributed by atoms with E-state index in [0.29, 0.717) is 0 Å².